The number of nitrogens with two attached hydrogens (primary N) is 1. The normalized spacial score (nSPS) is 17.0. The molecule has 0 saturated carbocycles. The summed E-state index contributed by atoms with van der Waals surface area (Å²) in [6.07, 6.45) is 2.27. The molecule has 1 fully saturated rings. The summed E-state index contributed by atoms with van der Waals surface area (Å²) < 4.78 is 26.9. The molecule has 1 aliphatic heterocycles. The number of halogens is 1. The van der Waals surface area contributed by atoms with Gasteiger partial charge in [-0.3, -0.25) is 4.79 Å². The molecule has 1 amide bonds. The fourth-order valence-corrected chi connectivity index (χ4v) is 4.27. The number of carbonyl (C=O) groups is 1. The third kappa shape index (κ3) is 5.67. The Morgan fingerprint density at radius 2 is 1.72 bits per heavy atom. The number of carbonyl (C=O) groups excluding carboxylic acids is 1. The van der Waals surface area contributed by atoms with Crippen molar-refractivity contribution >= 4 is 28.3 Å². The lowest BCUT2D eigenvalue weighted by molar-refractivity contribution is -0.132. The van der Waals surface area contributed by atoms with Gasteiger partial charge in [-0.15, -0.1) is 12.4 Å². The summed E-state index contributed by atoms with van der Waals surface area (Å²) in [6, 6.07) is 6.92. The van der Waals surface area contributed by atoms with Crippen molar-refractivity contribution in [2.24, 2.45) is 5.73 Å². The Hall–Kier alpha value is -1.15. The summed E-state index contributed by atoms with van der Waals surface area (Å²) in [6.45, 7) is 5.36. The highest BCUT2D eigenvalue weighted by Gasteiger charge is 2.30. The minimum Gasteiger partial charge on any atom is -0.340 e. The first-order chi connectivity index (χ1) is 11.3. The number of rotatable bonds is 6. The molecule has 1 atom stereocenters. The molecular weight excluding hydrogens is 362 g/mol. The molecule has 6 nitrogen and oxygen atoms in total. The quantitative estimate of drug-likeness (QED) is 0.801. The van der Waals surface area contributed by atoms with Gasteiger partial charge >= 0.3 is 0 Å². The monoisotopic (exact) mass is 389 g/mol. The molecule has 1 aliphatic rings. The van der Waals surface area contributed by atoms with Crippen LogP contribution < -0.4 is 5.73 Å². The number of sulfonamides is 1. The first-order valence-electron chi connectivity index (χ1n) is 8.47. The third-order valence-electron chi connectivity index (χ3n) is 4.19. The van der Waals surface area contributed by atoms with Crippen LogP contribution in [0, 0.1) is 0 Å². The SMILES string of the molecule is CCCc1ccc(S(=O)(=O)N2CCN(C(=O)CC(C)N)CC2)cc1.Cl. The number of amides is 1. The molecule has 1 unspecified atom stereocenters. The Kier molecular flexibility index (Phi) is 8.34. The maximum absolute atomic E-state index is 12.7. The molecule has 1 aromatic carbocycles. The summed E-state index contributed by atoms with van der Waals surface area (Å²) in [7, 11) is -3.50. The van der Waals surface area contributed by atoms with E-state index < -0.39 is 10.0 Å². The average Bonchev–Trinajstić information content (AvgIpc) is 2.55. The van der Waals surface area contributed by atoms with Crippen LogP contribution in [0.25, 0.3) is 0 Å². The molecule has 0 bridgehead atoms. The molecule has 0 radical (unpaired) electrons. The van der Waals surface area contributed by atoms with Gasteiger partial charge in [-0.05, 0) is 31.0 Å². The van der Waals surface area contributed by atoms with Gasteiger partial charge in [0.15, 0.2) is 0 Å². The van der Waals surface area contributed by atoms with Crippen LogP contribution in [0.4, 0.5) is 0 Å². The zero-order valence-electron chi connectivity index (χ0n) is 14.8. The molecule has 25 heavy (non-hydrogen) atoms. The van der Waals surface area contributed by atoms with Crippen molar-refractivity contribution in [1.29, 1.82) is 0 Å². The summed E-state index contributed by atoms with van der Waals surface area (Å²) in [5, 5.41) is 0. The van der Waals surface area contributed by atoms with Crippen LogP contribution in [0.3, 0.4) is 0 Å². The first-order valence-corrected chi connectivity index (χ1v) is 9.91. The van der Waals surface area contributed by atoms with E-state index in [1.807, 2.05) is 12.1 Å². The lowest BCUT2D eigenvalue weighted by Gasteiger charge is -2.34. The molecule has 0 spiro atoms. The molecule has 2 N–H and O–H groups in total. The molecule has 142 valence electrons. The second kappa shape index (κ2) is 9.52. The highest BCUT2D eigenvalue weighted by atomic mass is 35.5. The second-order valence-electron chi connectivity index (χ2n) is 6.36. The molecule has 1 aromatic rings. The van der Waals surface area contributed by atoms with Crippen LogP contribution in [0.1, 0.15) is 32.3 Å². The van der Waals surface area contributed by atoms with Crippen LogP contribution in [0.15, 0.2) is 29.2 Å². The lowest BCUT2D eigenvalue weighted by Crippen LogP contribution is -2.51. The van der Waals surface area contributed by atoms with Gasteiger partial charge in [0.1, 0.15) is 0 Å². The highest BCUT2D eigenvalue weighted by Crippen LogP contribution is 2.19. The van der Waals surface area contributed by atoms with Crippen molar-refractivity contribution < 1.29 is 13.2 Å². The number of piperazine rings is 1. The number of hydrogen-bond donors (Lipinski definition) is 1. The van der Waals surface area contributed by atoms with Gasteiger partial charge in [0.05, 0.1) is 4.90 Å². The van der Waals surface area contributed by atoms with Crippen LogP contribution in [0.2, 0.25) is 0 Å². The largest absolute Gasteiger partial charge is 0.340 e. The standard InChI is InChI=1S/C17H27N3O3S.ClH/c1-3-4-15-5-7-16(8-6-15)24(22,23)20-11-9-19(10-12-20)17(21)13-14(2)18;/h5-8,14H,3-4,9-13,18H2,1-2H3;1H. The predicted octanol–water partition coefficient (Wildman–Crippen LogP) is 1.63. The molecule has 0 aromatic heterocycles. The molecule has 8 heteroatoms. The van der Waals surface area contributed by atoms with Crippen LogP contribution in [-0.2, 0) is 21.2 Å². The van der Waals surface area contributed by atoms with E-state index in [4.69, 9.17) is 5.73 Å². The van der Waals surface area contributed by atoms with E-state index >= 15 is 0 Å². The smallest absolute Gasteiger partial charge is 0.243 e. The van der Waals surface area contributed by atoms with E-state index in [2.05, 4.69) is 6.92 Å². The third-order valence-corrected chi connectivity index (χ3v) is 6.10. The summed E-state index contributed by atoms with van der Waals surface area (Å²) in [5.41, 5.74) is 6.79. The maximum atomic E-state index is 12.7. The van der Waals surface area contributed by atoms with E-state index in [1.165, 1.54) is 4.31 Å². The first kappa shape index (κ1) is 21.9. The van der Waals surface area contributed by atoms with Crippen LogP contribution in [0.5, 0.6) is 0 Å². The summed E-state index contributed by atoms with van der Waals surface area (Å²) >= 11 is 0. The fraction of sp³-hybridized carbons (Fsp3) is 0.588. The zero-order chi connectivity index (χ0) is 17.7. The molecule has 1 heterocycles. The van der Waals surface area contributed by atoms with Gasteiger partial charge in [0, 0.05) is 38.6 Å². The average molecular weight is 390 g/mol. The van der Waals surface area contributed by atoms with Crippen molar-refractivity contribution in [3.8, 4) is 0 Å². The maximum Gasteiger partial charge on any atom is 0.243 e. The number of benzene rings is 1. The predicted molar refractivity (Wildman–Crippen MR) is 101 cm³/mol. The Morgan fingerprint density at radius 1 is 1.16 bits per heavy atom. The Bertz CT molecular complexity index is 654. The Balaban J connectivity index is 0.00000312. The fourth-order valence-electron chi connectivity index (χ4n) is 2.85. The number of aryl methyl sites for hydroxylation is 1. The van der Waals surface area contributed by atoms with E-state index in [0.29, 0.717) is 37.5 Å². The van der Waals surface area contributed by atoms with Gasteiger partial charge in [-0.25, -0.2) is 8.42 Å². The summed E-state index contributed by atoms with van der Waals surface area (Å²) in [5.74, 6) is -0.00836. The van der Waals surface area contributed by atoms with Gasteiger partial charge in [0.25, 0.3) is 0 Å². The van der Waals surface area contributed by atoms with Crippen molar-refractivity contribution in [3.05, 3.63) is 29.8 Å². The second-order valence-corrected chi connectivity index (χ2v) is 8.30. The van der Waals surface area contributed by atoms with Gasteiger partial charge in [-0.1, -0.05) is 25.5 Å². The minimum absolute atomic E-state index is 0. The Morgan fingerprint density at radius 3 is 2.20 bits per heavy atom. The van der Waals surface area contributed by atoms with Gasteiger partial charge < -0.3 is 10.6 Å². The van der Waals surface area contributed by atoms with Crippen LogP contribution >= 0.6 is 12.4 Å². The molecule has 1 saturated heterocycles. The van der Waals surface area contributed by atoms with Crippen LogP contribution in [-0.4, -0.2) is 55.8 Å². The van der Waals surface area contributed by atoms with E-state index in [1.54, 1.807) is 24.0 Å². The van der Waals surface area contributed by atoms with Crippen molar-refractivity contribution in [1.82, 2.24) is 9.21 Å². The minimum atomic E-state index is -3.50. The molecule has 0 aliphatic carbocycles. The number of nitrogens with zero attached hydrogens (tertiary/aromatic N) is 2. The highest BCUT2D eigenvalue weighted by molar-refractivity contribution is 7.89. The number of hydrogen-bond acceptors (Lipinski definition) is 4. The van der Waals surface area contributed by atoms with E-state index in [0.717, 1.165) is 18.4 Å². The van der Waals surface area contributed by atoms with Crippen molar-refractivity contribution in [2.45, 2.75) is 44.0 Å². The summed E-state index contributed by atoms with van der Waals surface area (Å²) in [4.78, 5) is 14.0. The topological polar surface area (TPSA) is 83.7 Å². The molecular formula is C17H28ClN3O3S. The van der Waals surface area contributed by atoms with E-state index in [-0.39, 0.29) is 24.4 Å². The lowest BCUT2D eigenvalue weighted by atomic mass is 10.1. The van der Waals surface area contributed by atoms with Gasteiger partial charge in [0.2, 0.25) is 15.9 Å². The zero-order valence-corrected chi connectivity index (χ0v) is 16.5. The molecule has 2 rings (SSSR count). The van der Waals surface area contributed by atoms with Crippen molar-refractivity contribution in [2.75, 3.05) is 26.2 Å². The van der Waals surface area contributed by atoms with Crippen molar-refractivity contribution in [3.63, 3.8) is 0 Å². The Labute approximate surface area is 156 Å². The van der Waals surface area contributed by atoms with E-state index in [9.17, 15) is 13.2 Å². The van der Waals surface area contributed by atoms with Gasteiger partial charge in [-0.2, -0.15) is 4.31 Å².